The van der Waals surface area contributed by atoms with Gasteiger partial charge in [-0.1, -0.05) is 45.9 Å². The van der Waals surface area contributed by atoms with Crippen molar-refractivity contribution in [3.63, 3.8) is 0 Å². The molecule has 0 aliphatic carbocycles. The Morgan fingerprint density at radius 2 is 1.63 bits per heavy atom. The fourth-order valence-corrected chi connectivity index (χ4v) is 6.22. The number of phenols is 1. The SMILES string of the molecule is NC(=O)[C@@H]1CSSC[C@H](NC(=O)[C@@H](N)Cc2ccc(O)cc2)C(=O)NCC(=O)N[C@@H](Cc2ccc([N+](=O)[O-])cc2)C(=O)N1. The molecule has 2 aromatic carbocycles. The van der Waals surface area contributed by atoms with Crippen molar-refractivity contribution in [1.82, 2.24) is 21.3 Å². The zero-order chi connectivity index (χ0) is 31.5. The second kappa shape index (κ2) is 15.8. The van der Waals surface area contributed by atoms with Crippen LogP contribution >= 0.6 is 21.6 Å². The summed E-state index contributed by atoms with van der Waals surface area (Å²) in [4.78, 5) is 74.0. The maximum atomic E-state index is 13.1. The van der Waals surface area contributed by atoms with E-state index < -0.39 is 65.2 Å². The number of hydrogen-bond acceptors (Lipinski definition) is 11. The second-order valence-electron chi connectivity index (χ2n) is 9.54. The van der Waals surface area contributed by atoms with E-state index in [1.807, 2.05) is 0 Å². The van der Waals surface area contributed by atoms with E-state index in [9.17, 15) is 39.2 Å². The number of nitro groups is 1. The van der Waals surface area contributed by atoms with E-state index >= 15 is 0 Å². The summed E-state index contributed by atoms with van der Waals surface area (Å²) in [6, 6.07) is 7.09. The Labute approximate surface area is 253 Å². The van der Waals surface area contributed by atoms with Crippen LogP contribution in [0.2, 0.25) is 0 Å². The van der Waals surface area contributed by atoms with Crippen LogP contribution in [0.3, 0.4) is 0 Å². The molecule has 1 saturated heterocycles. The number of nitrogens with zero attached hydrogens (tertiary/aromatic N) is 1. The maximum Gasteiger partial charge on any atom is 0.269 e. The van der Waals surface area contributed by atoms with Crippen LogP contribution in [0.5, 0.6) is 5.75 Å². The lowest BCUT2D eigenvalue weighted by Crippen LogP contribution is -2.57. The number of carbonyl (C=O) groups excluding carboxylic acids is 5. The third-order valence-corrected chi connectivity index (χ3v) is 8.66. The molecule has 1 aliphatic heterocycles. The first-order valence-corrected chi connectivity index (χ1v) is 15.4. The number of primary amides is 1. The number of amides is 5. The number of aromatic hydroxyl groups is 1. The van der Waals surface area contributed by atoms with Crippen molar-refractivity contribution in [2.24, 2.45) is 11.5 Å². The zero-order valence-corrected chi connectivity index (χ0v) is 24.3. The van der Waals surface area contributed by atoms with Gasteiger partial charge in [-0.15, -0.1) is 0 Å². The van der Waals surface area contributed by atoms with Crippen LogP contribution in [0, 0.1) is 10.1 Å². The molecular formula is C26H31N7O8S2. The maximum absolute atomic E-state index is 13.1. The molecule has 1 fully saturated rings. The molecule has 9 N–H and O–H groups in total. The Morgan fingerprint density at radius 3 is 2.26 bits per heavy atom. The first kappa shape index (κ1) is 33.2. The van der Waals surface area contributed by atoms with E-state index in [0.29, 0.717) is 11.1 Å². The third kappa shape index (κ3) is 10.5. The molecule has 3 rings (SSSR count). The largest absolute Gasteiger partial charge is 0.508 e. The fourth-order valence-electron chi connectivity index (χ4n) is 3.87. The molecule has 5 amide bonds. The van der Waals surface area contributed by atoms with Gasteiger partial charge in [0.2, 0.25) is 29.5 Å². The van der Waals surface area contributed by atoms with Gasteiger partial charge in [-0.2, -0.15) is 0 Å². The summed E-state index contributed by atoms with van der Waals surface area (Å²) >= 11 is 0. The van der Waals surface area contributed by atoms with Crippen LogP contribution in [0.1, 0.15) is 11.1 Å². The number of phenolic OH excluding ortho intramolecular Hbond substituents is 1. The van der Waals surface area contributed by atoms with E-state index in [2.05, 4.69) is 21.3 Å². The topological polar surface area (TPSA) is 249 Å². The molecular weight excluding hydrogens is 602 g/mol. The van der Waals surface area contributed by atoms with Crippen molar-refractivity contribution in [3.05, 3.63) is 69.8 Å². The second-order valence-corrected chi connectivity index (χ2v) is 12.1. The summed E-state index contributed by atoms with van der Waals surface area (Å²) in [6.07, 6.45) is 0.0649. The number of nitro benzene ring substituents is 1. The van der Waals surface area contributed by atoms with Gasteiger partial charge in [0, 0.05) is 30.1 Å². The lowest BCUT2D eigenvalue weighted by Gasteiger charge is -2.24. The highest BCUT2D eigenvalue weighted by molar-refractivity contribution is 8.76. The summed E-state index contributed by atoms with van der Waals surface area (Å²) in [5, 5.41) is 30.5. The van der Waals surface area contributed by atoms with Gasteiger partial charge >= 0.3 is 0 Å². The molecule has 0 spiro atoms. The number of nitrogens with one attached hydrogen (secondary N) is 4. The Morgan fingerprint density at radius 1 is 1.00 bits per heavy atom. The van der Waals surface area contributed by atoms with Crippen molar-refractivity contribution in [2.45, 2.75) is 37.0 Å². The normalized spacial score (nSPS) is 20.9. The predicted octanol–water partition coefficient (Wildman–Crippen LogP) is -1.14. The first-order valence-electron chi connectivity index (χ1n) is 12.9. The summed E-state index contributed by atoms with van der Waals surface area (Å²) < 4.78 is 0. The van der Waals surface area contributed by atoms with E-state index in [-0.39, 0.29) is 35.8 Å². The van der Waals surface area contributed by atoms with Gasteiger partial charge < -0.3 is 37.8 Å². The molecule has 0 unspecified atom stereocenters. The number of hydrogen-bond donors (Lipinski definition) is 7. The predicted molar refractivity (Wildman–Crippen MR) is 159 cm³/mol. The molecule has 17 heteroatoms. The van der Waals surface area contributed by atoms with Crippen molar-refractivity contribution in [2.75, 3.05) is 18.1 Å². The van der Waals surface area contributed by atoms with Crippen LogP contribution in [0.25, 0.3) is 0 Å². The highest BCUT2D eigenvalue weighted by Crippen LogP contribution is 2.23. The Bertz CT molecular complexity index is 1340. The van der Waals surface area contributed by atoms with Gasteiger partial charge in [-0.05, 0) is 29.7 Å². The number of benzene rings is 2. The van der Waals surface area contributed by atoms with Crippen LogP contribution in [-0.4, -0.2) is 81.8 Å². The highest BCUT2D eigenvalue weighted by atomic mass is 33.1. The summed E-state index contributed by atoms with van der Waals surface area (Å²) in [5.41, 5.74) is 12.5. The van der Waals surface area contributed by atoms with E-state index in [0.717, 1.165) is 21.6 Å². The number of non-ortho nitro benzene ring substituents is 1. The van der Waals surface area contributed by atoms with Gasteiger partial charge in [-0.25, -0.2) is 0 Å². The summed E-state index contributed by atoms with van der Waals surface area (Å²) in [5.74, 6) is -3.44. The zero-order valence-electron chi connectivity index (χ0n) is 22.7. The molecule has 1 aliphatic rings. The lowest BCUT2D eigenvalue weighted by molar-refractivity contribution is -0.384. The highest BCUT2D eigenvalue weighted by Gasteiger charge is 2.29. The monoisotopic (exact) mass is 633 g/mol. The molecule has 230 valence electrons. The summed E-state index contributed by atoms with van der Waals surface area (Å²) in [7, 11) is 2.28. The van der Waals surface area contributed by atoms with E-state index in [4.69, 9.17) is 11.5 Å². The molecule has 2 aromatic rings. The smallest absolute Gasteiger partial charge is 0.269 e. The van der Waals surface area contributed by atoms with Crippen molar-refractivity contribution in [1.29, 1.82) is 0 Å². The minimum absolute atomic E-state index is 0.0204. The Kier molecular flexibility index (Phi) is 12.2. The first-order chi connectivity index (χ1) is 20.4. The number of rotatable bonds is 8. The quantitative estimate of drug-likeness (QED) is 0.104. The number of nitrogens with two attached hydrogens (primary N) is 2. The van der Waals surface area contributed by atoms with Crippen molar-refractivity contribution < 1.29 is 34.0 Å². The molecule has 0 saturated carbocycles. The molecule has 1 heterocycles. The van der Waals surface area contributed by atoms with E-state index in [1.54, 1.807) is 12.1 Å². The minimum atomic E-state index is -1.21. The van der Waals surface area contributed by atoms with Gasteiger partial charge in [0.15, 0.2) is 0 Å². The molecule has 0 aromatic heterocycles. The van der Waals surface area contributed by atoms with Crippen molar-refractivity contribution >= 4 is 56.8 Å². The standard InChI is InChI=1S/C26H31N7O8S2/c27-18(9-14-3-7-17(34)8-4-14)24(37)32-21-13-43-42-12-20(23(28)36)31-26(39)19(30-22(35)11-29-25(21)38)10-15-1-5-16(6-2-15)33(40)41/h1-8,18-21,34H,9-13,27H2,(H2,28,36)(H,29,38)(H,30,35)(H,31,39)(H,32,37)/t18-,19-,20-,21-/m0/s1. The molecule has 4 atom stereocenters. The summed E-state index contributed by atoms with van der Waals surface area (Å²) in [6.45, 7) is -0.536. The van der Waals surface area contributed by atoms with Gasteiger partial charge in [0.05, 0.1) is 17.5 Å². The minimum Gasteiger partial charge on any atom is -0.508 e. The Hall–Kier alpha value is -4.35. The van der Waals surface area contributed by atoms with E-state index in [1.165, 1.54) is 36.4 Å². The Balaban J connectivity index is 1.72. The van der Waals surface area contributed by atoms with Crippen LogP contribution in [0.15, 0.2) is 48.5 Å². The van der Waals surface area contributed by atoms with Gasteiger partial charge in [-0.3, -0.25) is 34.1 Å². The van der Waals surface area contributed by atoms with Crippen LogP contribution < -0.4 is 32.7 Å². The van der Waals surface area contributed by atoms with Crippen LogP contribution in [0.4, 0.5) is 5.69 Å². The average molecular weight is 634 g/mol. The number of carbonyl (C=O) groups is 5. The third-order valence-electron chi connectivity index (χ3n) is 6.24. The van der Waals surface area contributed by atoms with Crippen LogP contribution in [-0.2, 0) is 36.8 Å². The van der Waals surface area contributed by atoms with Crippen molar-refractivity contribution in [3.8, 4) is 5.75 Å². The fraction of sp³-hybridized carbons (Fsp3) is 0.346. The van der Waals surface area contributed by atoms with Gasteiger partial charge in [0.1, 0.15) is 23.9 Å². The molecule has 0 radical (unpaired) electrons. The molecule has 15 nitrogen and oxygen atoms in total. The molecule has 43 heavy (non-hydrogen) atoms. The average Bonchev–Trinajstić information content (AvgIpc) is 2.97. The van der Waals surface area contributed by atoms with Gasteiger partial charge in [0.25, 0.3) is 5.69 Å². The lowest BCUT2D eigenvalue weighted by atomic mass is 10.0. The molecule has 0 bridgehead atoms.